The number of hydrogen-bond donors (Lipinski definition) is 0. The molecule has 0 bridgehead atoms. The van der Waals surface area contributed by atoms with Gasteiger partial charge in [0.25, 0.3) is 0 Å². The molecular weight excluding hydrogens is 200 g/mol. The maximum absolute atomic E-state index is 9.12. The summed E-state index contributed by atoms with van der Waals surface area (Å²) in [5, 5.41) is 10.1. The van der Waals surface area contributed by atoms with E-state index in [1.54, 1.807) is 13.1 Å². The Labute approximate surface area is 94.3 Å². The molecule has 0 saturated heterocycles. The van der Waals surface area contributed by atoms with Crippen LogP contribution in [0.3, 0.4) is 0 Å². The highest BCUT2D eigenvalue weighted by Crippen LogP contribution is 2.26. The number of nitriles is 1. The van der Waals surface area contributed by atoms with Gasteiger partial charge in [0, 0.05) is 18.7 Å². The van der Waals surface area contributed by atoms with E-state index in [0.29, 0.717) is 0 Å². The van der Waals surface area contributed by atoms with E-state index in [0.717, 1.165) is 16.5 Å². The molecule has 0 N–H and O–H groups in total. The number of benzene rings is 1. The minimum atomic E-state index is -0.899. The van der Waals surface area contributed by atoms with E-state index in [1.165, 1.54) is 7.11 Å². The van der Waals surface area contributed by atoms with Gasteiger partial charge in [0.2, 0.25) is 0 Å². The second kappa shape index (κ2) is 3.92. The highest BCUT2D eigenvalue weighted by Gasteiger charge is 2.25. The van der Waals surface area contributed by atoms with Crippen molar-refractivity contribution in [2.24, 2.45) is 0 Å². The summed E-state index contributed by atoms with van der Waals surface area (Å²) in [6.07, 6.45) is 1.75. The van der Waals surface area contributed by atoms with Gasteiger partial charge < -0.3 is 4.74 Å². The second-order valence-corrected chi connectivity index (χ2v) is 3.76. The average molecular weight is 212 g/mol. The van der Waals surface area contributed by atoms with Crippen LogP contribution in [-0.4, -0.2) is 12.1 Å². The van der Waals surface area contributed by atoms with Gasteiger partial charge in [0.15, 0.2) is 5.60 Å². The van der Waals surface area contributed by atoms with Crippen molar-refractivity contribution < 1.29 is 4.74 Å². The third-order valence-corrected chi connectivity index (χ3v) is 2.78. The highest BCUT2D eigenvalue weighted by atomic mass is 16.5. The van der Waals surface area contributed by atoms with Gasteiger partial charge in [0.05, 0.1) is 5.52 Å². The lowest BCUT2D eigenvalue weighted by Gasteiger charge is -2.20. The van der Waals surface area contributed by atoms with Crippen molar-refractivity contribution in [1.29, 1.82) is 5.26 Å². The van der Waals surface area contributed by atoms with Crippen LogP contribution in [0, 0.1) is 11.3 Å². The van der Waals surface area contributed by atoms with E-state index < -0.39 is 5.60 Å². The van der Waals surface area contributed by atoms with Gasteiger partial charge in [-0.2, -0.15) is 5.26 Å². The van der Waals surface area contributed by atoms with Crippen LogP contribution >= 0.6 is 0 Å². The first-order chi connectivity index (χ1) is 7.69. The molecule has 0 fully saturated rings. The molecule has 2 rings (SSSR count). The zero-order chi connectivity index (χ0) is 11.6. The summed E-state index contributed by atoms with van der Waals surface area (Å²) in [7, 11) is 1.54. The SMILES string of the molecule is COC(C)(C#N)c1ccc2ncccc2c1. The van der Waals surface area contributed by atoms with Gasteiger partial charge in [-0.1, -0.05) is 12.1 Å². The van der Waals surface area contributed by atoms with Crippen LogP contribution in [0.4, 0.5) is 0 Å². The predicted molar refractivity (Wildman–Crippen MR) is 61.7 cm³/mol. The van der Waals surface area contributed by atoms with Crippen molar-refractivity contribution in [3.8, 4) is 6.07 Å². The molecule has 1 atom stereocenters. The molecule has 1 aromatic heterocycles. The van der Waals surface area contributed by atoms with E-state index in [2.05, 4.69) is 11.1 Å². The summed E-state index contributed by atoms with van der Waals surface area (Å²) in [6.45, 7) is 1.75. The summed E-state index contributed by atoms with van der Waals surface area (Å²) >= 11 is 0. The standard InChI is InChI=1S/C13H12N2O/c1-13(9-14,16-2)11-5-6-12-10(8-11)4-3-7-15-12/h3-8H,1-2H3. The van der Waals surface area contributed by atoms with Crippen molar-refractivity contribution in [1.82, 2.24) is 4.98 Å². The maximum atomic E-state index is 9.12. The number of hydrogen-bond acceptors (Lipinski definition) is 3. The fraction of sp³-hybridized carbons (Fsp3) is 0.231. The van der Waals surface area contributed by atoms with Gasteiger partial charge in [-0.05, 0) is 30.7 Å². The minimum Gasteiger partial charge on any atom is -0.359 e. The number of rotatable bonds is 2. The average Bonchev–Trinajstić information content (AvgIpc) is 2.37. The molecule has 0 aliphatic rings. The van der Waals surface area contributed by atoms with Crippen LogP contribution in [0.5, 0.6) is 0 Å². The lowest BCUT2D eigenvalue weighted by molar-refractivity contribution is 0.0533. The Hall–Kier alpha value is -1.92. The molecule has 1 heterocycles. The number of fused-ring (bicyclic) bond motifs is 1. The first kappa shape index (κ1) is 10.6. The Bertz CT molecular complexity index is 559. The first-order valence-electron chi connectivity index (χ1n) is 5.01. The molecule has 2 aromatic rings. The molecule has 0 spiro atoms. The molecule has 1 unspecified atom stereocenters. The Morgan fingerprint density at radius 1 is 1.38 bits per heavy atom. The summed E-state index contributed by atoms with van der Waals surface area (Å²) in [5.41, 5.74) is 0.866. The molecule has 0 amide bonds. The summed E-state index contributed by atoms with van der Waals surface area (Å²) in [5.74, 6) is 0. The van der Waals surface area contributed by atoms with Crippen LogP contribution in [0.2, 0.25) is 0 Å². The third-order valence-electron chi connectivity index (χ3n) is 2.78. The Kier molecular flexibility index (Phi) is 2.59. The van der Waals surface area contributed by atoms with E-state index in [4.69, 9.17) is 10.00 Å². The zero-order valence-corrected chi connectivity index (χ0v) is 9.27. The Morgan fingerprint density at radius 2 is 2.19 bits per heavy atom. The maximum Gasteiger partial charge on any atom is 0.176 e. The molecular formula is C13H12N2O. The number of aromatic nitrogens is 1. The topological polar surface area (TPSA) is 45.9 Å². The van der Waals surface area contributed by atoms with Gasteiger partial charge in [-0.15, -0.1) is 0 Å². The zero-order valence-electron chi connectivity index (χ0n) is 9.27. The quantitative estimate of drug-likeness (QED) is 0.768. The molecule has 3 nitrogen and oxygen atoms in total. The number of nitrogens with zero attached hydrogens (tertiary/aromatic N) is 2. The summed E-state index contributed by atoms with van der Waals surface area (Å²) in [4.78, 5) is 4.23. The number of methoxy groups -OCH3 is 1. The van der Waals surface area contributed by atoms with Crippen molar-refractivity contribution in [2.75, 3.05) is 7.11 Å². The van der Waals surface area contributed by atoms with Crippen LogP contribution in [-0.2, 0) is 10.3 Å². The highest BCUT2D eigenvalue weighted by molar-refractivity contribution is 5.79. The lowest BCUT2D eigenvalue weighted by atomic mass is 9.96. The van der Waals surface area contributed by atoms with Crippen LogP contribution in [0.15, 0.2) is 36.5 Å². The summed E-state index contributed by atoms with van der Waals surface area (Å²) in [6, 6.07) is 11.7. The van der Waals surface area contributed by atoms with Crippen LogP contribution in [0.25, 0.3) is 10.9 Å². The van der Waals surface area contributed by atoms with Gasteiger partial charge in [-0.3, -0.25) is 4.98 Å². The van der Waals surface area contributed by atoms with Crippen molar-refractivity contribution >= 4 is 10.9 Å². The normalized spacial score (nSPS) is 14.3. The molecule has 1 aromatic carbocycles. The van der Waals surface area contributed by atoms with E-state index in [1.807, 2.05) is 30.3 Å². The Morgan fingerprint density at radius 3 is 2.88 bits per heavy atom. The molecule has 0 aliphatic heterocycles. The molecule has 16 heavy (non-hydrogen) atoms. The molecule has 0 radical (unpaired) electrons. The predicted octanol–water partition coefficient (Wildman–Crippen LogP) is 2.62. The minimum absolute atomic E-state index is 0.845. The first-order valence-corrected chi connectivity index (χ1v) is 5.01. The largest absolute Gasteiger partial charge is 0.359 e. The van der Waals surface area contributed by atoms with Crippen molar-refractivity contribution in [2.45, 2.75) is 12.5 Å². The van der Waals surface area contributed by atoms with E-state index >= 15 is 0 Å². The lowest BCUT2D eigenvalue weighted by Crippen LogP contribution is -2.21. The van der Waals surface area contributed by atoms with Gasteiger partial charge in [0.1, 0.15) is 6.07 Å². The molecule has 0 aliphatic carbocycles. The smallest absolute Gasteiger partial charge is 0.176 e. The molecule has 80 valence electrons. The van der Waals surface area contributed by atoms with Crippen LogP contribution < -0.4 is 0 Å². The van der Waals surface area contributed by atoms with Crippen LogP contribution in [0.1, 0.15) is 12.5 Å². The second-order valence-electron chi connectivity index (χ2n) is 3.76. The fourth-order valence-corrected chi connectivity index (χ4v) is 1.60. The van der Waals surface area contributed by atoms with Gasteiger partial charge in [-0.25, -0.2) is 0 Å². The van der Waals surface area contributed by atoms with Crippen molar-refractivity contribution in [3.05, 3.63) is 42.1 Å². The molecule has 0 saturated carbocycles. The van der Waals surface area contributed by atoms with Gasteiger partial charge >= 0.3 is 0 Å². The Balaban J connectivity index is 2.60. The van der Waals surface area contributed by atoms with E-state index in [9.17, 15) is 0 Å². The fourth-order valence-electron chi connectivity index (χ4n) is 1.60. The van der Waals surface area contributed by atoms with Crippen molar-refractivity contribution in [3.63, 3.8) is 0 Å². The number of pyridine rings is 1. The summed E-state index contributed by atoms with van der Waals surface area (Å²) < 4.78 is 5.24. The van der Waals surface area contributed by atoms with E-state index in [-0.39, 0.29) is 0 Å². The monoisotopic (exact) mass is 212 g/mol. The number of ether oxygens (including phenoxy) is 1. The third kappa shape index (κ3) is 1.64. The molecule has 3 heteroatoms.